The third kappa shape index (κ3) is 4.56. The smallest absolute Gasteiger partial charge is 0.319 e. The van der Waals surface area contributed by atoms with E-state index >= 15 is 0 Å². The first-order chi connectivity index (χ1) is 10.6. The molecule has 0 spiro atoms. The molecule has 0 saturated heterocycles. The van der Waals surface area contributed by atoms with Crippen LogP contribution in [-0.4, -0.2) is 28.8 Å². The van der Waals surface area contributed by atoms with Crippen LogP contribution >= 0.6 is 0 Å². The van der Waals surface area contributed by atoms with Crippen molar-refractivity contribution in [3.05, 3.63) is 59.4 Å². The second-order valence-electron chi connectivity index (χ2n) is 5.25. The van der Waals surface area contributed by atoms with Gasteiger partial charge >= 0.3 is 6.03 Å². The number of nitrogens with zero attached hydrogens (tertiary/aromatic N) is 1. The Morgan fingerprint density at radius 2 is 1.91 bits per heavy atom. The summed E-state index contributed by atoms with van der Waals surface area (Å²) in [7, 11) is 0. The van der Waals surface area contributed by atoms with E-state index in [9.17, 15) is 9.90 Å². The number of amides is 2. The lowest BCUT2D eigenvalue weighted by Crippen LogP contribution is -2.41. The fraction of sp³-hybridized carbons (Fsp3) is 0.294. The van der Waals surface area contributed by atoms with Crippen LogP contribution in [0.3, 0.4) is 0 Å². The molecule has 1 aromatic carbocycles. The number of aliphatic hydroxyl groups excluding tert-OH is 1. The normalized spacial score (nSPS) is 11.8. The number of anilines is 1. The van der Waals surface area contributed by atoms with Crippen LogP contribution in [0.1, 0.15) is 17.0 Å². The molecule has 0 radical (unpaired) electrons. The maximum Gasteiger partial charge on any atom is 0.319 e. The molecule has 5 nitrogen and oxygen atoms in total. The van der Waals surface area contributed by atoms with Crippen molar-refractivity contribution in [3.63, 3.8) is 0 Å². The largest absolute Gasteiger partial charge is 0.394 e. The monoisotopic (exact) mass is 299 g/mol. The molecule has 2 rings (SSSR count). The molecular weight excluding hydrogens is 278 g/mol. The number of hydrogen-bond donors (Lipinski definition) is 3. The Morgan fingerprint density at radius 3 is 2.55 bits per heavy atom. The predicted octanol–water partition coefficient (Wildman–Crippen LogP) is 2.42. The quantitative estimate of drug-likeness (QED) is 0.794. The minimum Gasteiger partial charge on any atom is -0.394 e. The molecule has 5 heteroatoms. The molecule has 0 bridgehead atoms. The second kappa shape index (κ2) is 7.56. The number of aliphatic hydroxyl groups is 1. The molecular formula is C17H21N3O2. The van der Waals surface area contributed by atoms with E-state index in [4.69, 9.17) is 0 Å². The maximum absolute atomic E-state index is 12.0. The molecule has 0 saturated carbocycles. The minimum absolute atomic E-state index is 0.118. The molecule has 0 aliphatic heterocycles. The number of aromatic nitrogens is 1. The molecule has 1 heterocycles. The molecule has 2 aromatic rings. The van der Waals surface area contributed by atoms with Crippen molar-refractivity contribution < 1.29 is 9.90 Å². The van der Waals surface area contributed by atoms with Gasteiger partial charge < -0.3 is 15.7 Å². The molecule has 3 N–H and O–H groups in total. The highest BCUT2D eigenvalue weighted by molar-refractivity contribution is 5.90. The highest BCUT2D eigenvalue weighted by Gasteiger charge is 2.13. The third-order valence-electron chi connectivity index (χ3n) is 3.35. The van der Waals surface area contributed by atoms with Gasteiger partial charge in [0.2, 0.25) is 0 Å². The maximum atomic E-state index is 12.0. The van der Waals surface area contributed by atoms with E-state index in [1.165, 1.54) is 0 Å². The summed E-state index contributed by atoms with van der Waals surface area (Å²) in [6, 6.07) is 12.7. The van der Waals surface area contributed by atoms with E-state index in [0.717, 1.165) is 17.0 Å². The topological polar surface area (TPSA) is 74.2 Å². The summed E-state index contributed by atoms with van der Waals surface area (Å²) in [5.41, 5.74) is 3.40. The zero-order valence-electron chi connectivity index (χ0n) is 12.8. The fourth-order valence-electron chi connectivity index (χ4n) is 2.22. The summed E-state index contributed by atoms with van der Waals surface area (Å²) in [4.78, 5) is 16.3. The number of carbonyl (C=O) groups is 1. The molecule has 2 amide bonds. The SMILES string of the molecule is Cc1ccc(NC(=O)N[C@H](CO)Cc2ccccc2)c(C)n1. The lowest BCUT2D eigenvalue weighted by Gasteiger charge is -2.17. The summed E-state index contributed by atoms with van der Waals surface area (Å²) in [6.45, 7) is 3.63. The molecule has 0 aliphatic carbocycles. The molecule has 1 aromatic heterocycles. The zero-order chi connectivity index (χ0) is 15.9. The van der Waals surface area contributed by atoms with Gasteiger partial charge in [-0.05, 0) is 38.0 Å². The van der Waals surface area contributed by atoms with E-state index in [-0.39, 0.29) is 18.7 Å². The van der Waals surface area contributed by atoms with Gasteiger partial charge in [-0.3, -0.25) is 4.98 Å². The summed E-state index contributed by atoms with van der Waals surface area (Å²) in [6.07, 6.45) is 0.579. The van der Waals surface area contributed by atoms with Gasteiger partial charge in [0.25, 0.3) is 0 Å². The van der Waals surface area contributed by atoms with Crippen molar-refractivity contribution in [1.82, 2.24) is 10.3 Å². The van der Waals surface area contributed by atoms with Crippen molar-refractivity contribution in [2.45, 2.75) is 26.3 Å². The number of hydrogen-bond acceptors (Lipinski definition) is 3. The average molecular weight is 299 g/mol. The Labute approximate surface area is 130 Å². The summed E-state index contributed by atoms with van der Waals surface area (Å²) in [5, 5.41) is 15.0. The number of carbonyl (C=O) groups excluding carboxylic acids is 1. The lowest BCUT2D eigenvalue weighted by molar-refractivity contribution is 0.224. The fourth-order valence-corrected chi connectivity index (χ4v) is 2.22. The van der Waals surface area contributed by atoms with Crippen molar-refractivity contribution in [1.29, 1.82) is 0 Å². The Hall–Kier alpha value is -2.40. The van der Waals surface area contributed by atoms with Crippen LogP contribution in [-0.2, 0) is 6.42 Å². The van der Waals surface area contributed by atoms with Gasteiger partial charge in [0.15, 0.2) is 0 Å². The van der Waals surface area contributed by atoms with Gasteiger partial charge in [0, 0.05) is 5.69 Å². The first-order valence-electron chi connectivity index (χ1n) is 7.25. The van der Waals surface area contributed by atoms with Crippen LogP contribution < -0.4 is 10.6 Å². The molecule has 1 atom stereocenters. The molecule has 0 unspecified atom stereocenters. The summed E-state index contributed by atoms with van der Waals surface area (Å²) < 4.78 is 0. The van der Waals surface area contributed by atoms with Crippen LogP contribution in [0.2, 0.25) is 0 Å². The number of rotatable bonds is 5. The van der Waals surface area contributed by atoms with Crippen LogP contribution in [0, 0.1) is 13.8 Å². The summed E-state index contributed by atoms with van der Waals surface area (Å²) >= 11 is 0. The first-order valence-corrected chi connectivity index (χ1v) is 7.25. The first kappa shape index (κ1) is 16.0. The molecule has 0 fully saturated rings. The van der Waals surface area contributed by atoms with Gasteiger partial charge in [-0.25, -0.2) is 4.79 Å². The Balaban J connectivity index is 1.94. The average Bonchev–Trinajstić information content (AvgIpc) is 2.50. The number of pyridine rings is 1. The van der Waals surface area contributed by atoms with Crippen LogP contribution in [0.4, 0.5) is 10.5 Å². The van der Waals surface area contributed by atoms with Gasteiger partial charge in [0.1, 0.15) is 0 Å². The highest BCUT2D eigenvalue weighted by atomic mass is 16.3. The van der Waals surface area contributed by atoms with Gasteiger partial charge in [-0.1, -0.05) is 30.3 Å². The Kier molecular flexibility index (Phi) is 5.49. The second-order valence-corrected chi connectivity index (χ2v) is 5.25. The number of urea groups is 1. The number of benzene rings is 1. The predicted molar refractivity (Wildman–Crippen MR) is 86.9 cm³/mol. The van der Waals surface area contributed by atoms with Gasteiger partial charge in [-0.2, -0.15) is 0 Å². The van der Waals surface area contributed by atoms with Crippen molar-refractivity contribution >= 4 is 11.7 Å². The highest BCUT2D eigenvalue weighted by Crippen LogP contribution is 2.12. The molecule has 116 valence electrons. The Bertz CT molecular complexity index is 629. The van der Waals surface area contributed by atoms with Gasteiger partial charge in [0.05, 0.1) is 24.0 Å². The van der Waals surface area contributed by atoms with Gasteiger partial charge in [-0.15, -0.1) is 0 Å². The van der Waals surface area contributed by atoms with Crippen LogP contribution in [0.15, 0.2) is 42.5 Å². The molecule has 0 aliphatic rings. The van der Waals surface area contributed by atoms with Crippen LogP contribution in [0.25, 0.3) is 0 Å². The lowest BCUT2D eigenvalue weighted by atomic mass is 10.1. The Morgan fingerprint density at radius 1 is 1.18 bits per heavy atom. The van der Waals surface area contributed by atoms with Crippen LogP contribution in [0.5, 0.6) is 0 Å². The third-order valence-corrected chi connectivity index (χ3v) is 3.35. The van der Waals surface area contributed by atoms with Crippen molar-refractivity contribution in [2.24, 2.45) is 0 Å². The van der Waals surface area contributed by atoms with Crippen molar-refractivity contribution in [3.8, 4) is 0 Å². The van der Waals surface area contributed by atoms with Crippen molar-refractivity contribution in [2.75, 3.05) is 11.9 Å². The molecule has 22 heavy (non-hydrogen) atoms. The summed E-state index contributed by atoms with van der Waals surface area (Å²) in [5.74, 6) is 0. The van der Waals surface area contributed by atoms with E-state index in [2.05, 4.69) is 15.6 Å². The van der Waals surface area contributed by atoms with E-state index in [0.29, 0.717) is 12.1 Å². The minimum atomic E-state index is -0.344. The number of nitrogens with one attached hydrogen (secondary N) is 2. The standard InChI is InChI=1S/C17H21N3O2/c1-12-8-9-16(13(2)18-12)20-17(22)19-15(11-21)10-14-6-4-3-5-7-14/h3-9,15,21H,10-11H2,1-2H3,(H2,19,20,22)/t15-/m0/s1. The number of aryl methyl sites for hydroxylation is 2. The van der Waals surface area contributed by atoms with E-state index in [1.807, 2.05) is 56.3 Å². The zero-order valence-corrected chi connectivity index (χ0v) is 12.8. The van der Waals surface area contributed by atoms with E-state index in [1.54, 1.807) is 0 Å². The van der Waals surface area contributed by atoms with E-state index < -0.39 is 0 Å².